The predicted molar refractivity (Wildman–Crippen MR) is 84.5 cm³/mol. The number of thioether (sulfide) groups is 1. The van der Waals surface area contributed by atoms with Crippen molar-refractivity contribution in [3.63, 3.8) is 0 Å². The van der Waals surface area contributed by atoms with Gasteiger partial charge in [0.25, 0.3) is 0 Å². The summed E-state index contributed by atoms with van der Waals surface area (Å²) in [7, 11) is -3.44. The average Bonchev–Trinajstić information content (AvgIpc) is 2.89. The molecule has 8 nitrogen and oxygen atoms in total. The molecule has 0 aromatic carbocycles. The Morgan fingerprint density at radius 2 is 2.14 bits per heavy atom. The number of nitrogens with zero attached hydrogens (tertiary/aromatic N) is 1. The summed E-state index contributed by atoms with van der Waals surface area (Å²) in [5.74, 6) is 1.56. The van der Waals surface area contributed by atoms with E-state index in [1.165, 1.54) is 0 Å². The molecule has 0 aromatic heterocycles. The van der Waals surface area contributed by atoms with Crippen LogP contribution in [0.1, 0.15) is 19.3 Å². The molecule has 1 heterocycles. The number of nitrogens with one attached hydrogen (secondary N) is 2. The molecule has 0 bridgehead atoms. The summed E-state index contributed by atoms with van der Waals surface area (Å²) in [5.41, 5.74) is 11.5. The second-order valence-electron chi connectivity index (χ2n) is 5.03. The highest BCUT2D eigenvalue weighted by atomic mass is 32.2. The Morgan fingerprint density at radius 3 is 2.67 bits per heavy atom. The van der Waals surface area contributed by atoms with Crippen LogP contribution in [0.4, 0.5) is 0 Å². The van der Waals surface area contributed by atoms with Crippen molar-refractivity contribution in [1.82, 2.24) is 9.62 Å². The molecule has 0 aliphatic carbocycles. The van der Waals surface area contributed by atoms with Crippen LogP contribution in [-0.4, -0.2) is 61.6 Å². The van der Waals surface area contributed by atoms with Crippen molar-refractivity contribution < 1.29 is 13.2 Å². The first-order valence-electron chi connectivity index (χ1n) is 6.63. The lowest BCUT2D eigenvalue weighted by Crippen LogP contribution is -2.46. The zero-order chi connectivity index (χ0) is 16.0. The standard InChI is InChI=1S/C11H23N5O3S2/c1-21(18,19)15-10(14)8(12)3-2-4-9(13)11(17)16-5-6-20-7-16/h9-10,12,15H,2-7,13-14H2,1H3/t9-,10?/m0/s1. The van der Waals surface area contributed by atoms with Gasteiger partial charge in [-0.3, -0.25) is 4.79 Å². The number of carbonyl (C=O) groups is 1. The van der Waals surface area contributed by atoms with E-state index in [0.717, 1.165) is 18.6 Å². The normalized spacial score (nSPS) is 18.5. The van der Waals surface area contributed by atoms with E-state index in [-0.39, 0.29) is 11.6 Å². The molecule has 1 saturated heterocycles. The minimum Gasteiger partial charge on any atom is -0.331 e. The quantitative estimate of drug-likeness (QED) is 0.326. The Labute approximate surface area is 129 Å². The Bertz CT molecular complexity index is 476. The van der Waals surface area contributed by atoms with Crippen molar-refractivity contribution in [2.45, 2.75) is 31.5 Å². The Morgan fingerprint density at radius 1 is 1.48 bits per heavy atom. The maximum absolute atomic E-state index is 12.0. The van der Waals surface area contributed by atoms with Gasteiger partial charge in [0.1, 0.15) is 6.17 Å². The van der Waals surface area contributed by atoms with Gasteiger partial charge < -0.3 is 21.8 Å². The molecule has 122 valence electrons. The molecule has 1 fully saturated rings. The first kappa shape index (κ1) is 18.4. The number of sulfonamides is 1. The van der Waals surface area contributed by atoms with E-state index >= 15 is 0 Å². The van der Waals surface area contributed by atoms with Crippen molar-refractivity contribution in [2.24, 2.45) is 11.5 Å². The summed E-state index contributed by atoms with van der Waals surface area (Å²) in [6.45, 7) is 0.732. The average molecular weight is 337 g/mol. The Kier molecular flexibility index (Phi) is 7.07. The van der Waals surface area contributed by atoms with E-state index < -0.39 is 22.2 Å². The highest BCUT2D eigenvalue weighted by Gasteiger charge is 2.24. The molecule has 0 aromatic rings. The largest absolute Gasteiger partial charge is 0.331 e. The molecule has 10 heteroatoms. The minimum atomic E-state index is -3.44. The molecule has 0 spiro atoms. The summed E-state index contributed by atoms with van der Waals surface area (Å²) in [6, 6.07) is -0.574. The summed E-state index contributed by atoms with van der Waals surface area (Å²) in [6.07, 6.45) is 1.24. The number of nitrogens with two attached hydrogens (primary N) is 2. The van der Waals surface area contributed by atoms with Gasteiger partial charge in [-0.05, 0) is 19.3 Å². The van der Waals surface area contributed by atoms with E-state index in [4.69, 9.17) is 16.9 Å². The summed E-state index contributed by atoms with van der Waals surface area (Å²) < 4.78 is 24.1. The molecule has 21 heavy (non-hydrogen) atoms. The van der Waals surface area contributed by atoms with Gasteiger partial charge in [-0.15, -0.1) is 11.8 Å². The first-order chi connectivity index (χ1) is 9.70. The van der Waals surface area contributed by atoms with Crippen LogP contribution in [0.5, 0.6) is 0 Å². The molecular formula is C11H23N5O3S2. The third-order valence-electron chi connectivity index (χ3n) is 3.06. The summed E-state index contributed by atoms with van der Waals surface area (Å²) in [5, 5.41) is 7.70. The number of rotatable bonds is 8. The van der Waals surface area contributed by atoms with Crippen molar-refractivity contribution in [3.8, 4) is 0 Å². The molecule has 1 aliphatic heterocycles. The molecular weight excluding hydrogens is 314 g/mol. The highest BCUT2D eigenvalue weighted by molar-refractivity contribution is 7.99. The lowest BCUT2D eigenvalue weighted by Gasteiger charge is -2.20. The molecule has 1 amide bonds. The van der Waals surface area contributed by atoms with Crippen molar-refractivity contribution in [3.05, 3.63) is 0 Å². The van der Waals surface area contributed by atoms with Gasteiger partial charge in [0.2, 0.25) is 15.9 Å². The molecule has 1 rings (SSSR count). The fourth-order valence-electron chi connectivity index (χ4n) is 1.92. The van der Waals surface area contributed by atoms with Gasteiger partial charge in [-0.2, -0.15) is 4.72 Å². The Hall–Kier alpha value is -0.680. The van der Waals surface area contributed by atoms with Gasteiger partial charge in [0.05, 0.1) is 18.2 Å². The monoisotopic (exact) mass is 337 g/mol. The molecule has 0 radical (unpaired) electrons. The third kappa shape index (κ3) is 6.74. The van der Waals surface area contributed by atoms with Crippen LogP contribution >= 0.6 is 11.8 Å². The Balaban J connectivity index is 2.28. The lowest BCUT2D eigenvalue weighted by molar-refractivity contribution is -0.131. The highest BCUT2D eigenvalue weighted by Crippen LogP contribution is 2.15. The van der Waals surface area contributed by atoms with E-state index in [1.54, 1.807) is 16.7 Å². The van der Waals surface area contributed by atoms with Crippen molar-refractivity contribution in [1.29, 1.82) is 5.41 Å². The van der Waals surface area contributed by atoms with E-state index in [9.17, 15) is 13.2 Å². The number of carbonyl (C=O) groups excluding carboxylic acids is 1. The van der Waals surface area contributed by atoms with Crippen LogP contribution in [0, 0.1) is 5.41 Å². The zero-order valence-electron chi connectivity index (χ0n) is 12.0. The lowest BCUT2D eigenvalue weighted by atomic mass is 10.1. The zero-order valence-corrected chi connectivity index (χ0v) is 13.7. The van der Waals surface area contributed by atoms with E-state index in [0.29, 0.717) is 25.1 Å². The fourth-order valence-corrected chi connectivity index (χ4v) is 3.47. The van der Waals surface area contributed by atoms with E-state index in [1.807, 2.05) is 0 Å². The topological polar surface area (TPSA) is 142 Å². The minimum absolute atomic E-state index is 0.0647. The molecule has 1 unspecified atom stereocenters. The van der Waals surface area contributed by atoms with Crippen molar-refractivity contribution >= 4 is 33.4 Å². The smallest absolute Gasteiger partial charge is 0.240 e. The van der Waals surface area contributed by atoms with Crippen LogP contribution in [0.3, 0.4) is 0 Å². The molecule has 1 aliphatic rings. The van der Waals surface area contributed by atoms with E-state index in [2.05, 4.69) is 4.72 Å². The molecule has 2 atom stereocenters. The van der Waals surface area contributed by atoms with Crippen LogP contribution in [0.2, 0.25) is 0 Å². The third-order valence-corrected chi connectivity index (χ3v) is 4.71. The predicted octanol–water partition coefficient (Wildman–Crippen LogP) is -1.13. The fraction of sp³-hybridized carbons (Fsp3) is 0.818. The SMILES string of the molecule is CS(=O)(=O)NC(N)C(=N)CCC[C@H](N)C(=O)N1CCSC1. The van der Waals surface area contributed by atoms with Gasteiger partial charge in [-0.1, -0.05) is 0 Å². The van der Waals surface area contributed by atoms with Crippen molar-refractivity contribution in [2.75, 3.05) is 24.4 Å². The summed E-state index contributed by atoms with van der Waals surface area (Å²) in [4.78, 5) is 13.7. The van der Waals surface area contributed by atoms with Crippen LogP contribution < -0.4 is 16.2 Å². The van der Waals surface area contributed by atoms with Gasteiger partial charge in [0.15, 0.2) is 0 Å². The number of hydrogen-bond donors (Lipinski definition) is 4. The van der Waals surface area contributed by atoms with Gasteiger partial charge in [0, 0.05) is 18.0 Å². The number of amides is 1. The molecule has 6 N–H and O–H groups in total. The van der Waals surface area contributed by atoms with Crippen LogP contribution in [0.15, 0.2) is 0 Å². The molecule has 0 saturated carbocycles. The first-order valence-corrected chi connectivity index (χ1v) is 9.67. The van der Waals surface area contributed by atoms with Crippen LogP contribution in [-0.2, 0) is 14.8 Å². The second-order valence-corrected chi connectivity index (χ2v) is 7.89. The van der Waals surface area contributed by atoms with Gasteiger partial charge >= 0.3 is 0 Å². The maximum Gasteiger partial charge on any atom is 0.240 e. The van der Waals surface area contributed by atoms with Gasteiger partial charge in [-0.25, -0.2) is 8.42 Å². The number of hydrogen-bond acceptors (Lipinski definition) is 7. The van der Waals surface area contributed by atoms with Crippen LogP contribution in [0.25, 0.3) is 0 Å². The second kappa shape index (κ2) is 8.08. The maximum atomic E-state index is 12.0. The summed E-state index contributed by atoms with van der Waals surface area (Å²) >= 11 is 1.70.